The molecule has 1 fully saturated rings. The second-order valence-electron chi connectivity index (χ2n) is 9.12. The normalized spacial score (nSPS) is 30.4. The van der Waals surface area contributed by atoms with Crippen molar-refractivity contribution in [3.63, 3.8) is 0 Å². The summed E-state index contributed by atoms with van der Waals surface area (Å²) in [7, 11) is 3.88. The maximum absolute atomic E-state index is 12.4. The number of pyridine rings is 1. The molecule has 2 bridgehead atoms. The lowest BCUT2D eigenvalue weighted by Gasteiger charge is -2.63. The molecule has 0 amide bonds. The highest BCUT2D eigenvalue weighted by molar-refractivity contribution is 5.79. The van der Waals surface area contributed by atoms with Crippen LogP contribution in [0.5, 0.6) is 5.75 Å². The van der Waals surface area contributed by atoms with Crippen molar-refractivity contribution in [1.29, 1.82) is 0 Å². The maximum atomic E-state index is 12.4. The van der Waals surface area contributed by atoms with Gasteiger partial charge in [-0.1, -0.05) is 24.3 Å². The number of hydrogen-bond donors (Lipinski definition) is 1. The molecule has 2 aromatic carbocycles. The van der Waals surface area contributed by atoms with Gasteiger partial charge in [0, 0.05) is 35.4 Å². The average molecular weight is 386 g/mol. The molecule has 29 heavy (non-hydrogen) atoms. The molecule has 148 valence electrons. The first-order valence-electron chi connectivity index (χ1n) is 10.5. The summed E-state index contributed by atoms with van der Waals surface area (Å²) in [6, 6.07) is 17.1. The highest BCUT2D eigenvalue weighted by Crippen LogP contribution is 2.57. The number of hydrogen-bond acceptors (Lipinski definition) is 4. The molecule has 4 heteroatoms. The van der Waals surface area contributed by atoms with Gasteiger partial charge in [0.1, 0.15) is 5.75 Å². The van der Waals surface area contributed by atoms with Gasteiger partial charge in [0.25, 0.3) is 0 Å². The fourth-order valence-electron chi connectivity index (χ4n) is 6.34. The van der Waals surface area contributed by atoms with E-state index in [4.69, 9.17) is 9.72 Å². The van der Waals surface area contributed by atoms with Gasteiger partial charge in [0.2, 0.25) is 0 Å². The molecule has 1 saturated heterocycles. The van der Waals surface area contributed by atoms with Gasteiger partial charge < -0.3 is 14.7 Å². The second kappa shape index (κ2) is 5.80. The number of nitrogens with zero attached hydrogens (tertiary/aromatic N) is 2. The van der Waals surface area contributed by atoms with Crippen LogP contribution in [0, 0.1) is 0 Å². The Morgan fingerprint density at radius 2 is 1.97 bits per heavy atom. The van der Waals surface area contributed by atoms with Crippen molar-refractivity contribution in [2.24, 2.45) is 0 Å². The van der Waals surface area contributed by atoms with Gasteiger partial charge in [0.15, 0.2) is 0 Å². The van der Waals surface area contributed by atoms with E-state index >= 15 is 0 Å². The highest BCUT2D eigenvalue weighted by Gasteiger charge is 2.64. The molecule has 1 aliphatic heterocycles. The SMILES string of the molecule is COc1ccc2c(c1)[C@]13CCN(C)[C@H](C2)[C@]1(O)Cc1cc2ccccc2nc1C3. The second-order valence-corrected chi connectivity index (χ2v) is 9.12. The minimum absolute atomic E-state index is 0.122. The van der Waals surface area contributed by atoms with Crippen LogP contribution in [0.2, 0.25) is 0 Å². The molecule has 2 aliphatic carbocycles. The summed E-state index contributed by atoms with van der Waals surface area (Å²) < 4.78 is 5.57. The zero-order valence-electron chi connectivity index (χ0n) is 17.0. The Morgan fingerprint density at radius 1 is 1.10 bits per heavy atom. The Balaban J connectivity index is 1.61. The van der Waals surface area contributed by atoms with Crippen molar-refractivity contribution < 1.29 is 9.84 Å². The van der Waals surface area contributed by atoms with E-state index in [-0.39, 0.29) is 11.5 Å². The zero-order chi connectivity index (χ0) is 19.8. The molecule has 3 atom stereocenters. The van der Waals surface area contributed by atoms with Crippen molar-refractivity contribution in [3.05, 3.63) is 70.9 Å². The summed E-state index contributed by atoms with van der Waals surface area (Å²) in [5, 5.41) is 13.5. The van der Waals surface area contributed by atoms with Crippen LogP contribution < -0.4 is 4.74 Å². The van der Waals surface area contributed by atoms with Crippen molar-refractivity contribution in [2.75, 3.05) is 20.7 Å². The molecule has 1 aromatic heterocycles. The third-order valence-electron chi connectivity index (χ3n) is 7.87. The first-order valence-corrected chi connectivity index (χ1v) is 10.5. The van der Waals surface area contributed by atoms with Crippen LogP contribution in [0.25, 0.3) is 10.9 Å². The van der Waals surface area contributed by atoms with Gasteiger partial charge in [-0.05, 0) is 67.4 Å². The number of aromatic nitrogens is 1. The van der Waals surface area contributed by atoms with Gasteiger partial charge in [-0.15, -0.1) is 0 Å². The van der Waals surface area contributed by atoms with E-state index in [1.807, 2.05) is 6.07 Å². The number of likely N-dealkylation sites (tertiary alicyclic amines) is 1. The molecule has 0 radical (unpaired) electrons. The standard InChI is InChI=1S/C25H26N2O2/c1-27-10-9-24-15-22-18(11-17-5-3-4-6-21(17)26-22)14-25(24,28)23(27)12-16-7-8-19(29-2)13-20(16)24/h3-8,11,13,23,28H,9-10,12,14-15H2,1-2H3/t23-,24-,25-/m1/s1. The Morgan fingerprint density at radius 3 is 2.83 bits per heavy atom. The summed E-state index contributed by atoms with van der Waals surface area (Å²) in [6.45, 7) is 0.993. The van der Waals surface area contributed by atoms with Gasteiger partial charge in [0.05, 0.1) is 18.2 Å². The van der Waals surface area contributed by atoms with E-state index in [2.05, 4.69) is 54.4 Å². The van der Waals surface area contributed by atoms with E-state index in [1.54, 1.807) is 7.11 Å². The van der Waals surface area contributed by atoms with Gasteiger partial charge in [-0.25, -0.2) is 0 Å². The number of fused-ring (bicyclic) bond motifs is 3. The third-order valence-corrected chi connectivity index (χ3v) is 7.87. The number of likely N-dealkylation sites (N-methyl/N-ethyl adjacent to an activating group) is 1. The lowest BCUT2D eigenvalue weighted by Crippen LogP contribution is -2.73. The van der Waals surface area contributed by atoms with Crippen LogP contribution in [-0.2, 0) is 24.7 Å². The van der Waals surface area contributed by atoms with E-state index in [9.17, 15) is 5.11 Å². The summed E-state index contributed by atoms with van der Waals surface area (Å²) >= 11 is 0. The molecule has 2 heterocycles. The van der Waals surface area contributed by atoms with Crippen molar-refractivity contribution in [1.82, 2.24) is 9.88 Å². The number of rotatable bonds is 1. The van der Waals surface area contributed by atoms with Gasteiger partial charge in [-0.3, -0.25) is 4.98 Å². The summed E-state index contributed by atoms with van der Waals surface area (Å²) in [5.41, 5.74) is 4.89. The van der Waals surface area contributed by atoms with E-state index in [0.29, 0.717) is 6.42 Å². The Bertz CT molecular complexity index is 1140. The lowest BCUT2D eigenvalue weighted by atomic mass is 9.49. The summed E-state index contributed by atoms with van der Waals surface area (Å²) in [5.74, 6) is 0.870. The average Bonchev–Trinajstić information content (AvgIpc) is 2.73. The fraction of sp³-hybridized carbons (Fsp3) is 0.400. The van der Waals surface area contributed by atoms with Crippen LogP contribution in [0.1, 0.15) is 28.8 Å². The monoisotopic (exact) mass is 386 g/mol. The minimum atomic E-state index is -0.795. The first-order chi connectivity index (χ1) is 14.0. The topological polar surface area (TPSA) is 45.6 Å². The number of methoxy groups -OCH3 is 1. The number of ether oxygens (including phenoxy) is 1. The Kier molecular flexibility index (Phi) is 3.49. The Hall–Kier alpha value is -2.43. The van der Waals surface area contributed by atoms with E-state index in [1.165, 1.54) is 16.7 Å². The molecule has 4 nitrogen and oxygen atoms in total. The number of aliphatic hydroxyl groups is 1. The molecule has 0 saturated carbocycles. The maximum Gasteiger partial charge on any atom is 0.119 e. The van der Waals surface area contributed by atoms with E-state index in [0.717, 1.165) is 48.2 Å². The van der Waals surface area contributed by atoms with Crippen LogP contribution in [0.3, 0.4) is 0 Å². The number of piperidine rings is 1. The third kappa shape index (κ3) is 2.19. The zero-order valence-corrected chi connectivity index (χ0v) is 17.0. The molecule has 3 aliphatic rings. The molecule has 6 rings (SSSR count). The quantitative estimate of drug-likeness (QED) is 0.697. The van der Waals surface area contributed by atoms with Gasteiger partial charge >= 0.3 is 0 Å². The van der Waals surface area contributed by atoms with Crippen LogP contribution >= 0.6 is 0 Å². The smallest absolute Gasteiger partial charge is 0.119 e. The Labute approximate surface area is 171 Å². The molecule has 0 unspecified atom stereocenters. The molecular weight excluding hydrogens is 360 g/mol. The first kappa shape index (κ1) is 17.4. The summed E-state index contributed by atoms with van der Waals surface area (Å²) in [6.07, 6.45) is 3.26. The summed E-state index contributed by atoms with van der Waals surface area (Å²) in [4.78, 5) is 7.42. The largest absolute Gasteiger partial charge is 0.497 e. The van der Waals surface area contributed by atoms with Crippen LogP contribution in [0.15, 0.2) is 48.5 Å². The van der Waals surface area contributed by atoms with Crippen molar-refractivity contribution >= 4 is 10.9 Å². The van der Waals surface area contributed by atoms with Gasteiger partial charge in [-0.2, -0.15) is 0 Å². The predicted molar refractivity (Wildman–Crippen MR) is 114 cm³/mol. The fourth-order valence-corrected chi connectivity index (χ4v) is 6.34. The lowest BCUT2D eigenvalue weighted by molar-refractivity contribution is -0.145. The van der Waals surface area contributed by atoms with Crippen LogP contribution in [0.4, 0.5) is 0 Å². The molecular formula is C25H26N2O2. The molecule has 0 spiro atoms. The van der Waals surface area contributed by atoms with Crippen molar-refractivity contribution in [3.8, 4) is 5.75 Å². The van der Waals surface area contributed by atoms with Crippen LogP contribution in [-0.4, -0.2) is 47.3 Å². The molecule has 1 N–H and O–H groups in total. The van der Waals surface area contributed by atoms with E-state index < -0.39 is 5.60 Å². The predicted octanol–water partition coefficient (Wildman–Crippen LogP) is 3.27. The number of para-hydroxylation sites is 1. The molecule has 3 aromatic rings. The van der Waals surface area contributed by atoms with Crippen molar-refractivity contribution in [2.45, 2.75) is 42.7 Å². The number of benzene rings is 2. The highest BCUT2D eigenvalue weighted by atomic mass is 16.5. The minimum Gasteiger partial charge on any atom is -0.497 e.